The highest BCUT2D eigenvalue weighted by Crippen LogP contribution is 2.16. The molecule has 3 N–H and O–H groups in total. The van der Waals surface area contributed by atoms with Gasteiger partial charge in [0.25, 0.3) is 0 Å². The highest BCUT2D eigenvalue weighted by molar-refractivity contribution is 5.91. The summed E-state index contributed by atoms with van der Waals surface area (Å²) in [4.78, 5) is 25.6. The highest BCUT2D eigenvalue weighted by Gasteiger charge is 2.36. The Morgan fingerprint density at radius 1 is 1.45 bits per heavy atom. The van der Waals surface area contributed by atoms with E-state index in [1.54, 1.807) is 11.9 Å². The number of hydrogen-bond donors (Lipinski definition) is 2. The standard InChI is InChI=1S/C15H21N3O2/c1-10-8-13(15(20)18(10)2)17-14(19)12(16)9-11-6-4-3-5-7-11/h3-7,10,12-13H,8-9,16H2,1-2H3,(H,17,19)/t10?,12-,13-/m1/s1. The van der Waals surface area contributed by atoms with Gasteiger partial charge in [-0.25, -0.2) is 0 Å². The van der Waals surface area contributed by atoms with Crippen LogP contribution in [0.2, 0.25) is 0 Å². The van der Waals surface area contributed by atoms with Gasteiger partial charge in [-0.05, 0) is 25.3 Å². The first-order valence-corrected chi connectivity index (χ1v) is 6.85. The van der Waals surface area contributed by atoms with Crippen molar-refractivity contribution in [1.29, 1.82) is 0 Å². The van der Waals surface area contributed by atoms with E-state index in [0.29, 0.717) is 12.8 Å². The predicted molar refractivity (Wildman–Crippen MR) is 76.9 cm³/mol. The average Bonchev–Trinajstić information content (AvgIpc) is 2.67. The van der Waals surface area contributed by atoms with E-state index in [-0.39, 0.29) is 17.9 Å². The van der Waals surface area contributed by atoms with Crippen LogP contribution in [0.15, 0.2) is 30.3 Å². The van der Waals surface area contributed by atoms with E-state index in [1.807, 2.05) is 37.3 Å². The molecule has 1 heterocycles. The molecule has 20 heavy (non-hydrogen) atoms. The van der Waals surface area contributed by atoms with Crippen molar-refractivity contribution in [2.24, 2.45) is 5.73 Å². The number of carbonyl (C=O) groups excluding carboxylic acids is 2. The number of nitrogens with one attached hydrogen (secondary N) is 1. The lowest BCUT2D eigenvalue weighted by Gasteiger charge is -2.16. The normalized spacial score (nSPS) is 23.8. The lowest BCUT2D eigenvalue weighted by atomic mass is 10.1. The molecule has 0 spiro atoms. The van der Waals surface area contributed by atoms with Crippen molar-refractivity contribution in [3.05, 3.63) is 35.9 Å². The molecule has 108 valence electrons. The largest absolute Gasteiger partial charge is 0.343 e. The quantitative estimate of drug-likeness (QED) is 0.829. The van der Waals surface area contributed by atoms with Gasteiger partial charge >= 0.3 is 0 Å². The van der Waals surface area contributed by atoms with Gasteiger partial charge in [0.05, 0.1) is 6.04 Å². The first-order valence-electron chi connectivity index (χ1n) is 6.85. The van der Waals surface area contributed by atoms with Crippen molar-refractivity contribution in [2.75, 3.05) is 7.05 Å². The fourth-order valence-corrected chi connectivity index (χ4v) is 2.42. The lowest BCUT2D eigenvalue weighted by molar-refractivity contribution is -0.132. The van der Waals surface area contributed by atoms with Crippen LogP contribution in [0.5, 0.6) is 0 Å². The Labute approximate surface area is 119 Å². The summed E-state index contributed by atoms with van der Waals surface area (Å²) in [5.74, 6) is -0.313. The Morgan fingerprint density at radius 3 is 2.65 bits per heavy atom. The fourth-order valence-electron chi connectivity index (χ4n) is 2.42. The molecule has 1 aliphatic rings. The molecule has 0 bridgehead atoms. The molecule has 1 aromatic carbocycles. The molecule has 1 saturated heterocycles. The third-order valence-electron chi connectivity index (χ3n) is 3.84. The molecule has 3 atom stereocenters. The zero-order valence-electron chi connectivity index (χ0n) is 11.9. The molecule has 2 rings (SSSR count). The third kappa shape index (κ3) is 3.17. The van der Waals surface area contributed by atoms with Crippen molar-refractivity contribution in [3.8, 4) is 0 Å². The van der Waals surface area contributed by atoms with Gasteiger partial charge in [-0.1, -0.05) is 30.3 Å². The summed E-state index contributed by atoms with van der Waals surface area (Å²) in [6, 6.07) is 8.69. The summed E-state index contributed by atoms with van der Waals surface area (Å²) in [7, 11) is 1.75. The average molecular weight is 275 g/mol. The summed E-state index contributed by atoms with van der Waals surface area (Å²) in [6.45, 7) is 1.97. The molecule has 1 aromatic rings. The second-order valence-corrected chi connectivity index (χ2v) is 5.39. The Balaban J connectivity index is 1.90. The van der Waals surface area contributed by atoms with E-state index in [0.717, 1.165) is 5.56 Å². The van der Waals surface area contributed by atoms with Gasteiger partial charge in [-0.15, -0.1) is 0 Å². The number of rotatable bonds is 4. The van der Waals surface area contributed by atoms with Crippen molar-refractivity contribution >= 4 is 11.8 Å². The summed E-state index contributed by atoms with van der Waals surface area (Å²) in [5.41, 5.74) is 6.92. The van der Waals surface area contributed by atoms with Gasteiger partial charge in [0, 0.05) is 13.1 Å². The van der Waals surface area contributed by atoms with E-state index in [2.05, 4.69) is 5.32 Å². The van der Waals surface area contributed by atoms with Gasteiger partial charge in [-0.2, -0.15) is 0 Å². The van der Waals surface area contributed by atoms with E-state index < -0.39 is 12.1 Å². The second kappa shape index (κ2) is 6.05. The molecule has 1 aliphatic heterocycles. The van der Waals surface area contributed by atoms with Crippen molar-refractivity contribution in [2.45, 2.75) is 37.9 Å². The Bertz CT molecular complexity index is 489. The van der Waals surface area contributed by atoms with Crippen LogP contribution < -0.4 is 11.1 Å². The van der Waals surface area contributed by atoms with E-state index in [4.69, 9.17) is 5.73 Å². The first kappa shape index (κ1) is 14.5. The highest BCUT2D eigenvalue weighted by atomic mass is 16.2. The zero-order chi connectivity index (χ0) is 14.7. The van der Waals surface area contributed by atoms with E-state index in [9.17, 15) is 9.59 Å². The minimum atomic E-state index is -0.633. The SMILES string of the molecule is CC1C[C@@H](NC(=O)[C@H](N)Cc2ccccc2)C(=O)N1C. The Morgan fingerprint density at radius 2 is 2.10 bits per heavy atom. The minimum Gasteiger partial charge on any atom is -0.343 e. The number of nitrogens with zero attached hydrogens (tertiary/aromatic N) is 1. The predicted octanol–water partition coefficient (Wildman–Crippen LogP) is 0.292. The maximum Gasteiger partial charge on any atom is 0.245 e. The number of hydrogen-bond acceptors (Lipinski definition) is 3. The van der Waals surface area contributed by atoms with Crippen molar-refractivity contribution < 1.29 is 9.59 Å². The van der Waals surface area contributed by atoms with Crippen LogP contribution in [-0.4, -0.2) is 41.9 Å². The molecule has 5 nitrogen and oxygen atoms in total. The third-order valence-corrected chi connectivity index (χ3v) is 3.84. The second-order valence-electron chi connectivity index (χ2n) is 5.39. The van der Waals surface area contributed by atoms with Gasteiger partial charge in [0.15, 0.2) is 0 Å². The topological polar surface area (TPSA) is 75.4 Å². The van der Waals surface area contributed by atoms with Crippen molar-refractivity contribution in [1.82, 2.24) is 10.2 Å². The van der Waals surface area contributed by atoms with Crippen LogP contribution in [0.4, 0.5) is 0 Å². The summed E-state index contributed by atoms with van der Waals surface area (Å²) < 4.78 is 0. The van der Waals surface area contributed by atoms with Gasteiger partial charge in [0.1, 0.15) is 6.04 Å². The van der Waals surface area contributed by atoms with Crippen molar-refractivity contribution in [3.63, 3.8) is 0 Å². The van der Waals surface area contributed by atoms with Crippen LogP contribution in [0.25, 0.3) is 0 Å². The molecule has 0 aromatic heterocycles. The van der Waals surface area contributed by atoms with Crippen LogP contribution in [0, 0.1) is 0 Å². The van der Waals surface area contributed by atoms with Gasteiger partial charge < -0.3 is 16.0 Å². The summed E-state index contributed by atoms with van der Waals surface area (Å²) in [5, 5.41) is 2.75. The summed E-state index contributed by atoms with van der Waals surface area (Å²) in [6.07, 6.45) is 1.11. The molecule has 0 saturated carbocycles. The Hall–Kier alpha value is -1.88. The van der Waals surface area contributed by atoms with Crippen LogP contribution >= 0.6 is 0 Å². The van der Waals surface area contributed by atoms with E-state index in [1.165, 1.54) is 0 Å². The molecule has 1 unspecified atom stereocenters. The number of likely N-dealkylation sites (N-methyl/N-ethyl adjacent to an activating group) is 1. The molecule has 2 amide bonds. The maximum absolute atomic E-state index is 12.1. The van der Waals surface area contributed by atoms with Gasteiger partial charge in [0.2, 0.25) is 11.8 Å². The number of amides is 2. The number of benzene rings is 1. The van der Waals surface area contributed by atoms with Gasteiger partial charge in [-0.3, -0.25) is 9.59 Å². The molecule has 1 fully saturated rings. The van der Waals surface area contributed by atoms with Crippen LogP contribution in [0.3, 0.4) is 0 Å². The molecular weight excluding hydrogens is 254 g/mol. The van der Waals surface area contributed by atoms with E-state index >= 15 is 0 Å². The monoisotopic (exact) mass is 275 g/mol. The van der Waals surface area contributed by atoms with Crippen LogP contribution in [0.1, 0.15) is 18.9 Å². The first-order chi connectivity index (χ1) is 9.49. The minimum absolute atomic E-state index is 0.0437. The number of carbonyl (C=O) groups is 2. The zero-order valence-corrected chi connectivity index (χ0v) is 11.9. The summed E-state index contributed by atoms with van der Waals surface area (Å²) >= 11 is 0. The Kier molecular flexibility index (Phi) is 4.39. The molecular formula is C15H21N3O2. The smallest absolute Gasteiger partial charge is 0.245 e. The molecule has 5 heteroatoms. The molecule has 0 aliphatic carbocycles. The fraction of sp³-hybridized carbons (Fsp3) is 0.467. The maximum atomic E-state index is 12.1. The van der Waals surface area contributed by atoms with Crippen LogP contribution in [-0.2, 0) is 16.0 Å². The number of nitrogens with two attached hydrogens (primary N) is 1. The molecule has 0 radical (unpaired) electrons. The number of likely N-dealkylation sites (tertiary alicyclic amines) is 1. The lowest BCUT2D eigenvalue weighted by Crippen LogP contribution is -2.48.